The number of unbranched alkanes of at least 4 members (excludes halogenated alkanes) is 1. The van der Waals surface area contributed by atoms with Crippen molar-refractivity contribution in [3.63, 3.8) is 0 Å². The number of aldehydes is 1. The number of hydrogen-bond acceptors (Lipinski definition) is 2. The van der Waals surface area contributed by atoms with Crippen molar-refractivity contribution in [2.24, 2.45) is 5.92 Å². The van der Waals surface area contributed by atoms with Crippen LogP contribution in [0.2, 0.25) is 0 Å². The summed E-state index contributed by atoms with van der Waals surface area (Å²) in [6, 6.07) is 6.96. The molecule has 1 fully saturated rings. The van der Waals surface area contributed by atoms with Gasteiger partial charge in [-0.3, -0.25) is 0 Å². The van der Waals surface area contributed by atoms with Gasteiger partial charge in [-0.2, -0.15) is 0 Å². The monoisotopic (exact) mass is 277 g/mol. The van der Waals surface area contributed by atoms with Gasteiger partial charge < -0.3 is 10.1 Å². The lowest BCUT2D eigenvalue weighted by Crippen LogP contribution is -2.29. The van der Waals surface area contributed by atoms with Gasteiger partial charge in [-0.1, -0.05) is 25.0 Å². The lowest BCUT2D eigenvalue weighted by molar-refractivity contribution is -0.109. The van der Waals surface area contributed by atoms with Gasteiger partial charge in [0, 0.05) is 0 Å². The molecule has 0 aromatic heterocycles. The zero-order chi connectivity index (χ0) is 14.2. The molecule has 0 aliphatic carbocycles. The van der Waals surface area contributed by atoms with Crippen LogP contribution in [0.15, 0.2) is 24.3 Å². The number of aryl methyl sites for hydroxylation is 1. The number of benzene rings is 1. The number of nitrogens with one attached hydrogen (secondary N) is 1. The van der Waals surface area contributed by atoms with E-state index in [1.165, 1.54) is 25.3 Å². The second-order valence-electron chi connectivity index (χ2n) is 5.80. The summed E-state index contributed by atoms with van der Waals surface area (Å²) in [6.45, 7) is 0.956. The minimum atomic E-state index is -0.141. The summed E-state index contributed by atoms with van der Waals surface area (Å²) in [7, 11) is 0. The Hall–Kier alpha value is -1.22. The van der Waals surface area contributed by atoms with Gasteiger partial charge in [0.05, 0.1) is 6.04 Å². The summed E-state index contributed by atoms with van der Waals surface area (Å²) in [5.41, 5.74) is 1.09. The van der Waals surface area contributed by atoms with E-state index in [4.69, 9.17) is 0 Å². The van der Waals surface area contributed by atoms with Gasteiger partial charge in [0.15, 0.2) is 0 Å². The molecule has 20 heavy (non-hydrogen) atoms. The van der Waals surface area contributed by atoms with Gasteiger partial charge in [-0.05, 0) is 62.3 Å². The van der Waals surface area contributed by atoms with E-state index in [2.05, 4.69) is 5.32 Å². The molecule has 2 nitrogen and oxygen atoms in total. The van der Waals surface area contributed by atoms with E-state index in [9.17, 15) is 9.18 Å². The highest BCUT2D eigenvalue weighted by Crippen LogP contribution is 2.22. The summed E-state index contributed by atoms with van der Waals surface area (Å²) in [4.78, 5) is 10.8. The Morgan fingerprint density at radius 3 is 2.95 bits per heavy atom. The van der Waals surface area contributed by atoms with Crippen molar-refractivity contribution in [3.05, 3.63) is 35.6 Å². The fourth-order valence-electron chi connectivity index (χ4n) is 2.99. The molecular weight excluding hydrogens is 253 g/mol. The van der Waals surface area contributed by atoms with E-state index in [1.807, 2.05) is 6.07 Å². The maximum Gasteiger partial charge on any atom is 0.136 e. The Kier molecular flexibility index (Phi) is 6.19. The first-order chi connectivity index (χ1) is 9.78. The molecule has 1 heterocycles. The van der Waals surface area contributed by atoms with Gasteiger partial charge in [0.2, 0.25) is 0 Å². The van der Waals surface area contributed by atoms with E-state index in [0.717, 1.165) is 50.0 Å². The largest absolute Gasteiger partial charge is 0.308 e. The Balaban J connectivity index is 1.64. The van der Waals surface area contributed by atoms with Crippen LogP contribution in [-0.2, 0) is 11.2 Å². The second kappa shape index (κ2) is 8.15. The molecule has 0 bridgehead atoms. The molecule has 0 amide bonds. The normalized spacial score (nSPS) is 23.2. The highest BCUT2D eigenvalue weighted by Gasteiger charge is 2.17. The third kappa shape index (κ3) is 5.04. The lowest BCUT2D eigenvalue weighted by atomic mass is 9.93. The topological polar surface area (TPSA) is 29.1 Å². The minimum Gasteiger partial charge on any atom is -0.308 e. The SMILES string of the molecule is O=CC1CCC(CCCCc2cccc(F)c2)CCN1. The van der Waals surface area contributed by atoms with Crippen molar-refractivity contribution in [3.8, 4) is 0 Å². The van der Waals surface area contributed by atoms with Crippen LogP contribution in [-0.4, -0.2) is 18.9 Å². The summed E-state index contributed by atoms with van der Waals surface area (Å²) >= 11 is 0. The molecule has 0 saturated carbocycles. The molecule has 1 aliphatic rings. The molecule has 2 rings (SSSR count). The average molecular weight is 277 g/mol. The average Bonchev–Trinajstić information content (AvgIpc) is 2.69. The van der Waals surface area contributed by atoms with E-state index < -0.39 is 0 Å². The van der Waals surface area contributed by atoms with Crippen LogP contribution in [0.25, 0.3) is 0 Å². The predicted octanol–water partition coefficient (Wildman–Crippen LogP) is 3.50. The maximum absolute atomic E-state index is 13.0. The van der Waals surface area contributed by atoms with Gasteiger partial charge >= 0.3 is 0 Å². The van der Waals surface area contributed by atoms with Crippen molar-refractivity contribution < 1.29 is 9.18 Å². The molecule has 1 saturated heterocycles. The molecule has 0 spiro atoms. The van der Waals surface area contributed by atoms with Crippen molar-refractivity contribution >= 4 is 6.29 Å². The fourth-order valence-corrected chi connectivity index (χ4v) is 2.99. The zero-order valence-corrected chi connectivity index (χ0v) is 12.0. The molecule has 2 atom stereocenters. The molecule has 3 heteroatoms. The van der Waals surface area contributed by atoms with Crippen LogP contribution in [0.5, 0.6) is 0 Å². The van der Waals surface area contributed by atoms with Crippen LogP contribution in [0.4, 0.5) is 4.39 Å². The Morgan fingerprint density at radius 2 is 2.15 bits per heavy atom. The van der Waals surface area contributed by atoms with Gasteiger partial charge in [0.25, 0.3) is 0 Å². The number of halogens is 1. The lowest BCUT2D eigenvalue weighted by Gasteiger charge is -2.13. The third-order valence-corrected chi connectivity index (χ3v) is 4.23. The highest BCUT2D eigenvalue weighted by atomic mass is 19.1. The van der Waals surface area contributed by atoms with Crippen molar-refractivity contribution in [1.82, 2.24) is 5.32 Å². The van der Waals surface area contributed by atoms with Crippen LogP contribution >= 0.6 is 0 Å². The fraction of sp³-hybridized carbons (Fsp3) is 0.588. The first kappa shape index (κ1) is 15.2. The number of carbonyl (C=O) groups is 1. The molecule has 110 valence electrons. The van der Waals surface area contributed by atoms with Crippen molar-refractivity contribution in [2.75, 3.05) is 6.54 Å². The Morgan fingerprint density at radius 1 is 1.25 bits per heavy atom. The molecule has 1 N–H and O–H groups in total. The van der Waals surface area contributed by atoms with Crippen LogP contribution in [0, 0.1) is 11.7 Å². The van der Waals surface area contributed by atoms with E-state index in [-0.39, 0.29) is 11.9 Å². The van der Waals surface area contributed by atoms with Crippen molar-refractivity contribution in [2.45, 2.75) is 51.0 Å². The van der Waals surface area contributed by atoms with Crippen LogP contribution in [0.1, 0.15) is 44.1 Å². The molecule has 1 aromatic rings. The zero-order valence-electron chi connectivity index (χ0n) is 12.0. The van der Waals surface area contributed by atoms with Gasteiger partial charge in [0.1, 0.15) is 12.1 Å². The highest BCUT2D eigenvalue weighted by molar-refractivity contribution is 5.57. The van der Waals surface area contributed by atoms with Gasteiger partial charge in [-0.15, -0.1) is 0 Å². The van der Waals surface area contributed by atoms with Crippen molar-refractivity contribution in [1.29, 1.82) is 0 Å². The Bertz CT molecular complexity index is 421. The Labute approximate surface area is 120 Å². The smallest absolute Gasteiger partial charge is 0.136 e. The standard InChI is InChI=1S/C17H24FNO/c18-16-7-3-6-15(12-16)5-2-1-4-14-8-9-17(13-20)19-11-10-14/h3,6-7,12-14,17,19H,1-2,4-5,8-11H2. The first-order valence-electron chi connectivity index (χ1n) is 7.71. The third-order valence-electron chi connectivity index (χ3n) is 4.23. The van der Waals surface area contributed by atoms with Gasteiger partial charge in [-0.25, -0.2) is 4.39 Å². The molecule has 1 aliphatic heterocycles. The maximum atomic E-state index is 13.0. The summed E-state index contributed by atoms with van der Waals surface area (Å²) < 4.78 is 13.0. The summed E-state index contributed by atoms with van der Waals surface area (Å²) in [5, 5.41) is 3.27. The van der Waals surface area contributed by atoms with Crippen LogP contribution in [0.3, 0.4) is 0 Å². The summed E-state index contributed by atoms with van der Waals surface area (Å²) in [6.07, 6.45) is 8.81. The number of rotatable bonds is 6. The molecule has 0 radical (unpaired) electrons. The molecular formula is C17H24FNO. The van der Waals surface area contributed by atoms with E-state index in [1.54, 1.807) is 12.1 Å². The molecule has 2 unspecified atom stereocenters. The predicted molar refractivity (Wildman–Crippen MR) is 79.2 cm³/mol. The summed E-state index contributed by atoms with van der Waals surface area (Å²) in [5.74, 6) is 0.595. The quantitative estimate of drug-likeness (QED) is 0.637. The minimum absolute atomic E-state index is 0.0623. The second-order valence-corrected chi connectivity index (χ2v) is 5.80. The molecule has 1 aromatic carbocycles. The number of carbonyl (C=O) groups excluding carboxylic acids is 1. The number of hydrogen-bond donors (Lipinski definition) is 1. The first-order valence-corrected chi connectivity index (χ1v) is 7.71. The van der Waals surface area contributed by atoms with Crippen LogP contribution < -0.4 is 5.32 Å². The van der Waals surface area contributed by atoms with E-state index in [0.29, 0.717) is 0 Å². The van der Waals surface area contributed by atoms with E-state index >= 15 is 0 Å².